The number of benzene rings is 2. The first-order chi connectivity index (χ1) is 12.8. The zero-order chi connectivity index (χ0) is 19.6. The third-order valence-electron chi connectivity index (χ3n) is 3.72. The van der Waals surface area contributed by atoms with Gasteiger partial charge in [-0.25, -0.2) is 0 Å². The lowest BCUT2D eigenvalue weighted by molar-refractivity contribution is -0.137. The average Bonchev–Trinajstić information content (AvgIpc) is 2.62. The number of carbonyl (C=O) groups excluding carboxylic acids is 1. The summed E-state index contributed by atoms with van der Waals surface area (Å²) >= 11 is 8.10. The van der Waals surface area contributed by atoms with Crippen molar-refractivity contribution in [3.8, 4) is 11.3 Å². The van der Waals surface area contributed by atoms with E-state index in [2.05, 4.69) is 32.9 Å². The summed E-state index contributed by atoms with van der Waals surface area (Å²) in [6.45, 7) is 0. The minimum atomic E-state index is -4.53. The van der Waals surface area contributed by atoms with Gasteiger partial charge in [-0.15, -0.1) is 0 Å². The van der Waals surface area contributed by atoms with Gasteiger partial charge in [0.1, 0.15) is 0 Å². The molecule has 0 radical (unpaired) electrons. The van der Waals surface area contributed by atoms with E-state index in [0.717, 1.165) is 15.8 Å². The Kier molecular flexibility index (Phi) is 5.71. The number of hydrogen-bond acceptors (Lipinski definition) is 2. The normalized spacial score (nSPS) is 11.3. The van der Waals surface area contributed by atoms with E-state index in [1.165, 1.54) is 0 Å². The number of alkyl halides is 3. The van der Waals surface area contributed by atoms with Crippen LogP contribution in [0.15, 0.2) is 60.8 Å². The van der Waals surface area contributed by atoms with E-state index < -0.39 is 11.7 Å². The van der Waals surface area contributed by atoms with Gasteiger partial charge in [0.05, 0.1) is 27.5 Å². The molecule has 0 aliphatic heterocycles. The van der Waals surface area contributed by atoms with Crippen molar-refractivity contribution in [3.05, 3.63) is 80.5 Å². The molecule has 0 spiro atoms. The molecule has 138 valence electrons. The molecule has 0 bridgehead atoms. The summed E-state index contributed by atoms with van der Waals surface area (Å²) < 4.78 is 39.2. The first-order valence-corrected chi connectivity index (χ1v) is 9.11. The Balaban J connectivity index is 1.98. The topological polar surface area (TPSA) is 42.0 Å². The molecule has 3 nitrogen and oxygen atoms in total. The van der Waals surface area contributed by atoms with E-state index >= 15 is 0 Å². The van der Waals surface area contributed by atoms with Gasteiger partial charge in [0.2, 0.25) is 0 Å². The number of aromatic nitrogens is 1. The molecule has 0 unspecified atom stereocenters. The number of rotatable bonds is 3. The maximum atomic E-state index is 12.8. The van der Waals surface area contributed by atoms with Crippen LogP contribution in [0.1, 0.15) is 15.9 Å². The van der Waals surface area contributed by atoms with Crippen molar-refractivity contribution in [3.63, 3.8) is 0 Å². The maximum Gasteiger partial charge on any atom is 0.417 e. The van der Waals surface area contributed by atoms with Gasteiger partial charge in [0.15, 0.2) is 0 Å². The third kappa shape index (κ3) is 4.41. The number of nitrogens with one attached hydrogen (secondary N) is 1. The fourth-order valence-electron chi connectivity index (χ4n) is 2.42. The number of pyridine rings is 1. The molecule has 3 rings (SSSR count). The third-order valence-corrected chi connectivity index (χ3v) is 4.95. The van der Waals surface area contributed by atoms with Gasteiger partial charge in [-0.3, -0.25) is 9.78 Å². The van der Waals surface area contributed by atoms with Crippen molar-refractivity contribution in [1.29, 1.82) is 0 Å². The molecule has 1 heterocycles. The van der Waals surface area contributed by atoms with Crippen molar-refractivity contribution < 1.29 is 18.0 Å². The predicted molar refractivity (Wildman–Crippen MR) is 107 cm³/mol. The smallest absolute Gasteiger partial charge is 0.321 e. The van der Waals surface area contributed by atoms with Crippen LogP contribution < -0.4 is 5.32 Å². The lowest BCUT2D eigenvalue weighted by Crippen LogP contribution is -2.14. The molecule has 0 fully saturated rings. The second-order valence-electron chi connectivity index (χ2n) is 5.53. The molecular weight excluding hydrogens is 492 g/mol. The van der Waals surface area contributed by atoms with Crippen LogP contribution in [0.4, 0.5) is 18.9 Å². The number of nitrogens with zero attached hydrogens (tertiary/aromatic N) is 1. The minimum absolute atomic E-state index is 0.152. The van der Waals surface area contributed by atoms with Crippen LogP contribution in [-0.4, -0.2) is 10.9 Å². The lowest BCUT2D eigenvalue weighted by atomic mass is 10.1. The highest BCUT2D eigenvalue weighted by atomic mass is 127. The van der Waals surface area contributed by atoms with Crippen LogP contribution in [0.5, 0.6) is 0 Å². The van der Waals surface area contributed by atoms with E-state index in [1.54, 1.807) is 42.5 Å². The van der Waals surface area contributed by atoms with E-state index in [9.17, 15) is 18.0 Å². The summed E-state index contributed by atoms with van der Waals surface area (Å²) in [5.41, 5.74) is 0.533. The van der Waals surface area contributed by atoms with Gasteiger partial charge < -0.3 is 5.32 Å². The fourth-order valence-corrected chi connectivity index (χ4v) is 3.33. The summed E-state index contributed by atoms with van der Waals surface area (Å²) in [6.07, 6.45) is -3.81. The first-order valence-electron chi connectivity index (χ1n) is 7.65. The van der Waals surface area contributed by atoms with Crippen LogP contribution in [-0.2, 0) is 6.18 Å². The average molecular weight is 503 g/mol. The SMILES string of the molecule is O=C(Nc1ccccc1-c1ncc(C(F)(F)F)cc1Cl)c1ccccc1I. The second kappa shape index (κ2) is 7.85. The number of para-hydroxylation sites is 1. The van der Waals surface area contributed by atoms with Gasteiger partial charge in [0.25, 0.3) is 5.91 Å². The molecule has 0 aliphatic carbocycles. The number of hydrogen-bond donors (Lipinski definition) is 1. The maximum absolute atomic E-state index is 12.8. The molecule has 27 heavy (non-hydrogen) atoms. The second-order valence-corrected chi connectivity index (χ2v) is 7.10. The van der Waals surface area contributed by atoms with Crippen LogP contribution in [0.25, 0.3) is 11.3 Å². The highest BCUT2D eigenvalue weighted by molar-refractivity contribution is 14.1. The zero-order valence-electron chi connectivity index (χ0n) is 13.5. The van der Waals surface area contributed by atoms with E-state index in [4.69, 9.17) is 11.6 Å². The van der Waals surface area contributed by atoms with Gasteiger partial charge in [-0.05, 0) is 46.9 Å². The molecule has 0 saturated carbocycles. The number of anilines is 1. The summed E-state index contributed by atoms with van der Waals surface area (Å²) in [5.74, 6) is -0.338. The van der Waals surface area contributed by atoms with Gasteiger partial charge >= 0.3 is 6.18 Å². The molecule has 1 aromatic heterocycles. The Morgan fingerprint density at radius 2 is 1.74 bits per heavy atom. The summed E-state index contributed by atoms with van der Waals surface area (Å²) in [6, 6.07) is 14.5. The van der Waals surface area contributed by atoms with Crippen molar-refractivity contribution in [2.45, 2.75) is 6.18 Å². The fraction of sp³-hybridized carbons (Fsp3) is 0.0526. The zero-order valence-corrected chi connectivity index (χ0v) is 16.4. The molecule has 3 aromatic rings. The van der Waals surface area contributed by atoms with Crippen LogP contribution in [0.3, 0.4) is 0 Å². The van der Waals surface area contributed by atoms with Crippen molar-refractivity contribution in [1.82, 2.24) is 4.98 Å². The summed E-state index contributed by atoms with van der Waals surface area (Å²) in [7, 11) is 0. The van der Waals surface area contributed by atoms with E-state index in [-0.39, 0.29) is 16.6 Å². The summed E-state index contributed by atoms with van der Waals surface area (Å²) in [5, 5.41) is 2.62. The highest BCUT2D eigenvalue weighted by Gasteiger charge is 2.31. The lowest BCUT2D eigenvalue weighted by Gasteiger charge is -2.14. The molecule has 0 aliphatic rings. The number of carbonyl (C=O) groups is 1. The Morgan fingerprint density at radius 3 is 2.41 bits per heavy atom. The van der Waals surface area contributed by atoms with Crippen molar-refractivity contribution in [2.75, 3.05) is 5.32 Å². The first kappa shape index (κ1) is 19.6. The highest BCUT2D eigenvalue weighted by Crippen LogP contribution is 2.36. The molecular formula is C19H11ClF3IN2O. The van der Waals surface area contributed by atoms with Crippen LogP contribution in [0.2, 0.25) is 5.02 Å². The molecule has 1 amide bonds. The molecule has 0 atom stereocenters. The number of amides is 1. The Labute approximate surface area is 171 Å². The van der Waals surface area contributed by atoms with Crippen LogP contribution >= 0.6 is 34.2 Å². The predicted octanol–water partition coefficient (Wildman–Crippen LogP) is 6.28. The quantitative estimate of drug-likeness (QED) is 0.429. The molecule has 0 saturated heterocycles. The van der Waals surface area contributed by atoms with Crippen LogP contribution in [0, 0.1) is 3.57 Å². The van der Waals surface area contributed by atoms with Crippen molar-refractivity contribution >= 4 is 45.8 Å². The van der Waals surface area contributed by atoms with Gasteiger partial charge in [-0.2, -0.15) is 13.2 Å². The Bertz CT molecular complexity index is 1010. The molecule has 1 N–H and O–H groups in total. The molecule has 2 aromatic carbocycles. The summed E-state index contributed by atoms with van der Waals surface area (Å²) in [4.78, 5) is 16.4. The van der Waals surface area contributed by atoms with E-state index in [0.29, 0.717) is 16.8 Å². The minimum Gasteiger partial charge on any atom is -0.321 e. The Hall–Kier alpha value is -2.13. The molecule has 8 heteroatoms. The monoisotopic (exact) mass is 502 g/mol. The largest absolute Gasteiger partial charge is 0.417 e. The van der Waals surface area contributed by atoms with Gasteiger partial charge in [0, 0.05) is 15.3 Å². The van der Waals surface area contributed by atoms with Crippen molar-refractivity contribution in [2.24, 2.45) is 0 Å². The Morgan fingerprint density at radius 1 is 1.07 bits per heavy atom. The van der Waals surface area contributed by atoms with E-state index in [1.807, 2.05) is 6.07 Å². The van der Waals surface area contributed by atoms with Gasteiger partial charge in [-0.1, -0.05) is 41.9 Å². The standard InChI is InChI=1S/C19H11ClF3IN2O/c20-14-9-11(19(21,22)23)10-25-17(14)13-6-2-4-8-16(13)26-18(27)12-5-1-3-7-15(12)24/h1-10H,(H,26,27). The number of halogens is 5.